The van der Waals surface area contributed by atoms with E-state index < -0.39 is 17.0 Å². The van der Waals surface area contributed by atoms with Crippen LogP contribution < -0.4 is 21.8 Å². The van der Waals surface area contributed by atoms with Gasteiger partial charge in [0.1, 0.15) is 6.54 Å². The highest BCUT2D eigenvalue weighted by Gasteiger charge is 2.11. The van der Waals surface area contributed by atoms with Gasteiger partial charge >= 0.3 is 0 Å². The van der Waals surface area contributed by atoms with Gasteiger partial charge in [-0.25, -0.2) is 4.68 Å². The summed E-state index contributed by atoms with van der Waals surface area (Å²) in [7, 11) is 0. The van der Waals surface area contributed by atoms with Crippen molar-refractivity contribution >= 4 is 22.6 Å². The van der Waals surface area contributed by atoms with Crippen LogP contribution in [0.25, 0.3) is 10.8 Å². The highest BCUT2D eigenvalue weighted by Crippen LogP contribution is 2.06. The topological polar surface area (TPSA) is 113 Å². The van der Waals surface area contributed by atoms with Crippen molar-refractivity contribution in [1.29, 1.82) is 0 Å². The summed E-state index contributed by atoms with van der Waals surface area (Å²) in [5.74, 6) is -0.602. The number of aromatic amines is 1. The first-order valence-corrected chi connectivity index (χ1v) is 9.77. The van der Waals surface area contributed by atoms with Crippen molar-refractivity contribution in [3.63, 3.8) is 0 Å². The van der Waals surface area contributed by atoms with Gasteiger partial charge in [-0.15, -0.1) is 0 Å². The molecule has 0 saturated heterocycles. The summed E-state index contributed by atoms with van der Waals surface area (Å²) < 4.78 is 0.996. The average molecular weight is 408 g/mol. The molecule has 1 unspecified atom stereocenters. The van der Waals surface area contributed by atoms with Crippen LogP contribution in [-0.2, 0) is 17.9 Å². The zero-order chi connectivity index (χ0) is 21.7. The number of H-pyrrole nitrogens is 1. The van der Waals surface area contributed by atoms with Crippen LogP contribution in [-0.4, -0.2) is 27.6 Å². The Labute approximate surface area is 172 Å². The van der Waals surface area contributed by atoms with Crippen LogP contribution >= 0.6 is 0 Å². The molecule has 2 aromatic carbocycles. The molecule has 156 valence electrons. The van der Waals surface area contributed by atoms with E-state index >= 15 is 0 Å². The van der Waals surface area contributed by atoms with Crippen molar-refractivity contribution in [3.05, 3.63) is 80.4 Å². The molecule has 3 aromatic rings. The van der Waals surface area contributed by atoms with Gasteiger partial charge in [-0.05, 0) is 43.2 Å². The molecule has 8 heteroatoms. The van der Waals surface area contributed by atoms with E-state index in [0.29, 0.717) is 5.56 Å². The van der Waals surface area contributed by atoms with Crippen molar-refractivity contribution in [2.75, 3.05) is 0 Å². The van der Waals surface area contributed by atoms with Crippen LogP contribution in [0.2, 0.25) is 0 Å². The van der Waals surface area contributed by atoms with Crippen molar-refractivity contribution in [3.8, 4) is 0 Å². The predicted octanol–water partition coefficient (Wildman–Crippen LogP) is 1.53. The maximum absolute atomic E-state index is 12.5. The van der Waals surface area contributed by atoms with Gasteiger partial charge in [0.15, 0.2) is 0 Å². The molecule has 0 radical (unpaired) electrons. The first-order valence-electron chi connectivity index (χ1n) is 9.77. The molecule has 1 atom stereocenters. The monoisotopic (exact) mass is 408 g/mol. The third kappa shape index (κ3) is 4.83. The van der Waals surface area contributed by atoms with E-state index in [4.69, 9.17) is 0 Å². The number of nitrogens with zero attached hydrogens (tertiary/aromatic N) is 1. The minimum absolute atomic E-state index is 0.0725. The fourth-order valence-corrected chi connectivity index (χ4v) is 2.99. The lowest BCUT2D eigenvalue weighted by atomic mass is 10.1. The van der Waals surface area contributed by atoms with Gasteiger partial charge in [-0.2, -0.15) is 0 Å². The third-order valence-corrected chi connectivity index (χ3v) is 4.85. The molecule has 0 aliphatic rings. The molecule has 0 aliphatic heterocycles. The molecule has 1 aromatic heterocycles. The second kappa shape index (κ2) is 9.21. The van der Waals surface area contributed by atoms with Crippen LogP contribution in [0.4, 0.5) is 0 Å². The number of amides is 2. The van der Waals surface area contributed by atoms with E-state index in [1.807, 2.05) is 13.8 Å². The van der Waals surface area contributed by atoms with E-state index in [0.717, 1.165) is 16.7 Å². The highest BCUT2D eigenvalue weighted by atomic mass is 16.2. The smallest absolute Gasteiger partial charge is 0.273 e. The fraction of sp³-hybridized carbons (Fsp3) is 0.273. The van der Waals surface area contributed by atoms with E-state index in [-0.39, 0.29) is 35.8 Å². The van der Waals surface area contributed by atoms with Gasteiger partial charge in [0.05, 0.1) is 10.8 Å². The van der Waals surface area contributed by atoms with Gasteiger partial charge in [-0.1, -0.05) is 31.2 Å². The summed E-state index contributed by atoms with van der Waals surface area (Å²) in [4.78, 5) is 49.2. The molecule has 3 N–H and O–H groups in total. The maximum Gasteiger partial charge on any atom is 0.273 e. The Morgan fingerprint density at radius 3 is 2.53 bits per heavy atom. The molecule has 8 nitrogen and oxygen atoms in total. The second-order valence-electron chi connectivity index (χ2n) is 7.14. The molecule has 30 heavy (non-hydrogen) atoms. The zero-order valence-corrected chi connectivity index (χ0v) is 16.9. The Bertz CT molecular complexity index is 1200. The lowest BCUT2D eigenvalue weighted by Gasteiger charge is -2.12. The minimum atomic E-state index is -0.441. The fourth-order valence-electron chi connectivity index (χ4n) is 2.99. The zero-order valence-electron chi connectivity index (χ0n) is 16.9. The first-order chi connectivity index (χ1) is 14.4. The Morgan fingerprint density at radius 2 is 1.80 bits per heavy atom. The second-order valence-corrected chi connectivity index (χ2v) is 7.14. The van der Waals surface area contributed by atoms with E-state index in [9.17, 15) is 19.2 Å². The molecule has 0 spiro atoms. The summed E-state index contributed by atoms with van der Waals surface area (Å²) in [6.45, 7) is 3.80. The van der Waals surface area contributed by atoms with Crippen LogP contribution in [0.1, 0.15) is 36.2 Å². The molecular formula is C22H24N4O4. The number of benzene rings is 2. The Morgan fingerprint density at radius 1 is 1.07 bits per heavy atom. The molecule has 1 heterocycles. The number of hydrogen-bond acceptors (Lipinski definition) is 4. The van der Waals surface area contributed by atoms with Gasteiger partial charge < -0.3 is 10.6 Å². The molecule has 0 saturated carbocycles. The molecule has 3 rings (SSSR count). The van der Waals surface area contributed by atoms with Crippen molar-refractivity contribution in [2.45, 2.75) is 39.4 Å². The largest absolute Gasteiger partial charge is 0.350 e. The number of fused-ring (bicyclic) bond motifs is 1. The summed E-state index contributed by atoms with van der Waals surface area (Å²) in [5.41, 5.74) is 0.388. The molecular weight excluding hydrogens is 384 g/mol. The molecule has 0 aliphatic carbocycles. The van der Waals surface area contributed by atoms with E-state index in [1.54, 1.807) is 48.5 Å². The van der Waals surface area contributed by atoms with Crippen molar-refractivity contribution in [1.82, 2.24) is 20.4 Å². The number of rotatable bonds is 7. The standard InChI is InChI=1S/C22H24N4O4/c1-3-14(2)24-20(28)16-8-6-7-15(11-16)12-23-19(27)13-26-22(30)18-10-5-4-9-17(18)21(29)25-26/h4-11,14H,3,12-13H2,1-2H3,(H,23,27)(H,24,28)(H,25,29). The molecule has 0 bridgehead atoms. The van der Waals surface area contributed by atoms with E-state index in [1.165, 1.54) is 0 Å². The normalized spacial score (nSPS) is 11.8. The summed E-state index contributed by atoms with van der Waals surface area (Å²) in [6, 6.07) is 13.5. The summed E-state index contributed by atoms with van der Waals surface area (Å²) in [6.07, 6.45) is 0.831. The SMILES string of the molecule is CCC(C)NC(=O)c1cccc(CNC(=O)Cn2[nH]c(=O)c3ccccc3c2=O)c1. The molecule has 2 amide bonds. The number of aromatic nitrogens is 2. The van der Waals surface area contributed by atoms with Crippen molar-refractivity contribution < 1.29 is 9.59 Å². The maximum atomic E-state index is 12.5. The van der Waals surface area contributed by atoms with Crippen LogP contribution in [0.5, 0.6) is 0 Å². The van der Waals surface area contributed by atoms with Crippen LogP contribution in [0.3, 0.4) is 0 Å². The van der Waals surface area contributed by atoms with Gasteiger partial charge in [0, 0.05) is 18.2 Å². The highest BCUT2D eigenvalue weighted by molar-refractivity contribution is 5.94. The average Bonchev–Trinajstić information content (AvgIpc) is 2.76. The van der Waals surface area contributed by atoms with Gasteiger partial charge in [0.25, 0.3) is 17.0 Å². The van der Waals surface area contributed by atoms with E-state index in [2.05, 4.69) is 15.7 Å². The number of nitrogens with one attached hydrogen (secondary N) is 3. The quantitative estimate of drug-likeness (QED) is 0.550. The molecule has 0 fully saturated rings. The third-order valence-electron chi connectivity index (χ3n) is 4.85. The lowest BCUT2D eigenvalue weighted by molar-refractivity contribution is -0.122. The summed E-state index contributed by atoms with van der Waals surface area (Å²) in [5, 5.41) is 8.58. The number of carbonyl (C=O) groups excluding carboxylic acids is 2. The Kier molecular flexibility index (Phi) is 6.46. The van der Waals surface area contributed by atoms with Crippen LogP contribution in [0.15, 0.2) is 58.1 Å². The number of hydrogen-bond donors (Lipinski definition) is 3. The Balaban J connectivity index is 1.67. The number of carbonyl (C=O) groups is 2. The minimum Gasteiger partial charge on any atom is -0.350 e. The summed E-state index contributed by atoms with van der Waals surface area (Å²) >= 11 is 0. The van der Waals surface area contributed by atoms with Gasteiger partial charge in [0.2, 0.25) is 5.91 Å². The Hall–Kier alpha value is -3.68. The van der Waals surface area contributed by atoms with Gasteiger partial charge in [-0.3, -0.25) is 24.3 Å². The lowest BCUT2D eigenvalue weighted by Crippen LogP contribution is -2.36. The first kappa shape index (κ1) is 21.0. The van der Waals surface area contributed by atoms with Crippen molar-refractivity contribution in [2.24, 2.45) is 0 Å². The predicted molar refractivity (Wildman–Crippen MR) is 114 cm³/mol. The van der Waals surface area contributed by atoms with Crippen LogP contribution in [0, 0.1) is 0 Å².